The van der Waals surface area contributed by atoms with E-state index >= 15 is 0 Å². The summed E-state index contributed by atoms with van der Waals surface area (Å²) in [6, 6.07) is 7.72. The molecule has 0 N–H and O–H groups in total. The van der Waals surface area contributed by atoms with E-state index in [0.717, 1.165) is 57.4 Å². The minimum Gasteiger partial charge on any atom is -0.444 e. The van der Waals surface area contributed by atoms with Gasteiger partial charge in [-0.1, -0.05) is 23.7 Å². The Morgan fingerprint density at radius 3 is 2.04 bits per heavy atom. The summed E-state index contributed by atoms with van der Waals surface area (Å²) in [6.07, 6.45) is 3.52. The van der Waals surface area contributed by atoms with E-state index < -0.39 is 5.60 Å². The average molecular weight is 405 g/mol. The fourth-order valence-corrected chi connectivity index (χ4v) is 4.67. The van der Waals surface area contributed by atoms with Crippen molar-refractivity contribution in [3.63, 3.8) is 0 Å². The van der Waals surface area contributed by atoms with Crippen molar-refractivity contribution in [1.82, 2.24) is 9.80 Å². The zero-order valence-electron chi connectivity index (χ0n) is 17.0. The Labute approximate surface area is 172 Å². The number of halogens is 1. The molecule has 0 unspecified atom stereocenters. The van der Waals surface area contributed by atoms with Gasteiger partial charge in [0, 0.05) is 36.6 Å². The van der Waals surface area contributed by atoms with Gasteiger partial charge in [-0.3, -0.25) is 4.79 Å². The van der Waals surface area contributed by atoms with Crippen LogP contribution in [-0.4, -0.2) is 53.6 Å². The van der Waals surface area contributed by atoms with E-state index in [4.69, 9.17) is 16.3 Å². The Morgan fingerprint density at radius 2 is 1.54 bits per heavy atom. The first kappa shape index (κ1) is 19.6. The number of likely N-dealkylation sites (tertiary alicyclic amines) is 2. The number of ether oxygens (including phenoxy) is 1. The molecule has 3 aliphatic rings. The van der Waals surface area contributed by atoms with Gasteiger partial charge in [-0.05, 0) is 64.2 Å². The highest BCUT2D eigenvalue weighted by Crippen LogP contribution is 2.51. The standard InChI is InChI=1S/C22H29ClN2O3/c1-20(2,3)28-19(27)25-14-21(15-25)10-12-24(13-11-21)18(26)22(8-9-22)16-4-6-17(23)7-5-16/h4-7H,8-15H2,1-3H3. The van der Waals surface area contributed by atoms with Crippen molar-refractivity contribution in [2.45, 2.75) is 57.5 Å². The number of piperidine rings is 1. The van der Waals surface area contributed by atoms with E-state index in [-0.39, 0.29) is 22.8 Å². The zero-order chi connectivity index (χ0) is 20.2. The van der Waals surface area contributed by atoms with Gasteiger partial charge >= 0.3 is 6.09 Å². The lowest BCUT2D eigenvalue weighted by molar-refractivity contribution is -0.139. The smallest absolute Gasteiger partial charge is 0.410 e. The second-order valence-electron chi connectivity index (χ2n) is 9.72. The van der Waals surface area contributed by atoms with Crippen LogP contribution in [0.15, 0.2) is 24.3 Å². The molecule has 1 saturated carbocycles. The highest BCUT2D eigenvalue weighted by atomic mass is 35.5. The van der Waals surface area contributed by atoms with Crippen LogP contribution in [0.5, 0.6) is 0 Å². The minimum atomic E-state index is -0.462. The van der Waals surface area contributed by atoms with Gasteiger partial charge in [-0.25, -0.2) is 4.79 Å². The van der Waals surface area contributed by atoms with Gasteiger partial charge in [0.1, 0.15) is 5.60 Å². The number of hydrogen-bond donors (Lipinski definition) is 0. The number of hydrogen-bond acceptors (Lipinski definition) is 3. The summed E-state index contributed by atoms with van der Waals surface area (Å²) in [4.78, 5) is 29.2. The van der Waals surface area contributed by atoms with Gasteiger partial charge in [-0.2, -0.15) is 0 Å². The molecule has 0 bridgehead atoms. The molecule has 2 amide bonds. The Hall–Kier alpha value is -1.75. The topological polar surface area (TPSA) is 49.9 Å². The molecule has 28 heavy (non-hydrogen) atoms. The highest BCUT2D eigenvalue weighted by molar-refractivity contribution is 6.30. The number of nitrogens with zero attached hydrogens (tertiary/aromatic N) is 2. The Bertz CT molecular complexity index is 764. The van der Waals surface area contributed by atoms with Gasteiger partial charge in [0.15, 0.2) is 0 Å². The molecule has 2 heterocycles. The predicted octanol–water partition coefficient (Wildman–Crippen LogP) is 4.23. The molecule has 2 saturated heterocycles. The molecule has 2 aliphatic heterocycles. The molecule has 1 spiro atoms. The molecular formula is C22H29ClN2O3. The summed E-state index contributed by atoms with van der Waals surface area (Å²) < 4.78 is 5.46. The van der Waals surface area contributed by atoms with Crippen LogP contribution >= 0.6 is 11.6 Å². The maximum absolute atomic E-state index is 13.2. The molecular weight excluding hydrogens is 376 g/mol. The van der Waals surface area contributed by atoms with Crippen LogP contribution in [0.3, 0.4) is 0 Å². The third kappa shape index (κ3) is 3.61. The summed E-state index contributed by atoms with van der Waals surface area (Å²) in [7, 11) is 0. The lowest BCUT2D eigenvalue weighted by Crippen LogP contribution is -2.63. The van der Waals surface area contributed by atoms with Crippen molar-refractivity contribution in [2.75, 3.05) is 26.2 Å². The Kier molecular flexibility index (Phi) is 4.65. The van der Waals surface area contributed by atoms with Gasteiger partial charge in [0.25, 0.3) is 0 Å². The van der Waals surface area contributed by atoms with Crippen LogP contribution < -0.4 is 0 Å². The maximum Gasteiger partial charge on any atom is 0.410 e. The lowest BCUT2D eigenvalue weighted by atomic mass is 9.72. The van der Waals surface area contributed by atoms with Crippen molar-refractivity contribution in [3.8, 4) is 0 Å². The first-order valence-corrected chi connectivity index (χ1v) is 10.5. The second kappa shape index (κ2) is 6.65. The number of carbonyl (C=O) groups is 2. The third-order valence-corrected chi connectivity index (χ3v) is 6.62. The number of amides is 2. The van der Waals surface area contributed by atoms with Crippen LogP contribution in [0.25, 0.3) is 0 Å². The molecule has 0 radical (unpaired) electrons. The van der Waals surface area contributed by atoms with E-state index in [2.05, 4.69) is 0 Å². The summed E-state index contributed by atoms with van der Waals surface area (Å²) in [5, 5.41) is 0.700. The highest BCUT2D eigenvalue weighted by Gasteiger charge is 2.55. The molecule has 6 heteroatoms. The number of rotatable bonds is 2. The Morgan fingerprint density at radius 1 is 0.964 bits per heavy atom. The lowest BCUT2D eigenvalue weighted by Gasteiger charge is -2.53. The molecule has 4 rings (SSSR count). The molecule has 152 valence electrons. The van der Waals surface area contributed by atoms with Crippen molar-refractivity contribution in [3.05, 3.63) is 34.9 Å². The van der Waals surface area contributed by atoms with Gasteiger partial charge in [-0.15, -0.1) is 0 Å². The third-order valence-electron chi connectivity index (χ3n) is 6.37. The van der Waals surface area contributed by atoms with E-state index in [0.29, 0.717) is 5.02 Å². The van der Waals surface area contributed by atoms with E-state index in [1.807, 2.05) is 49.9 Å². The molecule has 0 aromatic heterocycles. The summed E-state index contributed by atoms with van der Waals surface area (Å²) in [5.41, 5.74) is 0.444. The summed E-state index contributed by atoms with van der Waals surface area (Å²) >= 11 is 6.00. The minimum absolute atomic E-state index is 0.157. The van der Waals surface area contributed by atoms with E-state index in [9.17, 15) is 9.59 Å². The SMILES string of the molecule is CC(C)(C)OC(=O)N1CC2(CCN(C(=O)C3(c4ccc(Cl)cc4)CC3)CC2)C1. The van der Waals surface area contributed by atoms with Crippen LogP contribution in [-0.2, 0) is 14.9 Å². The fraction of sp³-hybridized carbons (Fsp3) is 0.636. The van der Waals surface area contributed by atoms with Gasteiger partial charge in [0.05, 0.1) is 5.41 Å². The first-order chi connectivity index (χ1) is 13.1. The van der Waals surface area contributed by atoms with Gasteiger partial charge < -0.3 is 14.5 Å². The van der Waals surface area contributed by atoms with Crippen molar-refractivity contribution in [1.29, 1.82) is 0 Å². The van der Waals surface area contributed by atoms with Crippen LogP contribution in [0.4, 0.5) is 4.79 Å². The number of carbonyl (C=O) groups excluding carboxylic acids is 2. The second-order valence-corrected chi connectivity index (χ2v) is 10.2. The molecule has 5 nitrogen and oxygen atoms in total. The van der Waals surface area contributed by atoms with Crippen LogP contribution in [0.2, 0.25) is 5.02 Å². The maximum atomic E-state index is 13.2. The molecule has 1 aromatic carbocycles. The molecule has 0 atom stereocenters. The normalized spacial score (nSPS) is 22.6. The average Bonchev–Trinajstić information content (AvgIpc) is 3.40. The van der Waals surface area contributed by atoms with Crippen molar-refractivity contribution >= 4 is 23.6 Å². The van der Waals surface area contributed by atoms with Crippen molar-refractivity contribution < 1.29 is 14.3 Å². The molecule has 3 fully saturated rings. The van der Waals surface area contributed by atoms with E-state index in [1.165, 1.54) is 0 Å². The Balaban J connectivity index is 1.32. The van der Waals surface area contributed by atoms with E-state index in [1.54, 1.807) is 4.90 Å². The van der Waals surface area contributed by atoms with Crippen molar-refractivity contribution in [2.24, 2.45) is 5.41 Å². The van der Waals surface area contributed by atoms with Crippen LogP contribution in [0, 0.1) is 5.41 Å². The quantitative estimate of drug-likeness (QED) is 0.741. The summed E-state index contributed by atoms with van der Waals surface area (Å²) in [6.45, 7) is 8.70. The van der Waals surface area contributed by atoms with Crippen LogP contribution in [0.1, 0.15) is 52.0 Å². The predicted molar refractivity (Wildman–Crippen MR) is 108 cm³/mol. The molecule has 1 aromatic rings. The molecule has 1 aliphatic carbocycles. The largest absolute Gasteiger partial charge is 0.444 e. The first-order valence-electron chi connectivity index (χ1n) is 10.2. The zero-order valence-corrected chi connectivity index (χ0v) is 17.7. The van der Waals surface area contributed by atoms with Gasteiger partial charge in [0.2, 0.25) is 5.91 Å². The number of benzene rings is 1. The summed E-state index contributed by atoms with van der Waals surface area (Å²) in [5.74, 6) is 0.257. The monoisotopic (exact) mass is 404 g/mol. The fourth-order valence-electron chi connectivity index (χ4n) is 4.54.